The Morgan fingerprint density at radius 1 is 1.00 bits per heavy atom. The molecule has 1 N–H and O–H groups in total. The van der Waals surface area contributed by atoms with Crippen molar-refractivity contribution in [2.45, 2.75) is 4.90 Å². The van der Waals surface area contributed by atoms with Crippen molar-refractivity contribution in [3.63, 3.8) is 0 Å². The largest absolute Gasteiger partial charge is 0.301 e. The lowest BCUT2D eigenvalue weighted by molar-refractivity contribution is -0.113. The van der Waals surface area contributed by atoms with E-state index < -0.39 is 0 Å². The SMILES string of the molecule is O=C(CSc1cc(Cl)c(Cl)cc1Cl)Nc1nc(-c2ccc(Cl)cc2Cl)cs1. The van der Waals surface area contributed by atoms with Crippen molar-refractivity contribution in [2.75, 3.05) is 11.1 Å². The van der Waals surface area contributed by atoms with E-state index in [0.717, 1.165) is 5.56 Å². The smallest absolute Gasteiger partial charge is 0.236 e. The minimum Gasteiger partial charge on any atom is -0.301 e. The van der Waals surface area contributed by atoms with E-state index in [-0.39, 0.29) is 11.7 Å². The molecule has 0 fully saturated rings. The van der Waals surface area contributed by atoms with Crippen LogP contribution in [0, 0.1) is 0 Å². The number of amides is 1. The minimum atomic E-state index is -0.217. The number of rotatable bonds is 5. The fourth-order valence-electron chi connectivity index (χ4n) is 2.07. The number of halogens is 5. The van der Waals surface area contributed by atoms with Gasteiger partial charge in [-0.25, -0.2) is 4.98 Å². The number of hydrogen-bond donors (Lipinski definition) is 1. The van der Waals surface area contributed by atoms with Gasteiger partial charge in [-0.15, -0.1) is 23.1 Å². The van der Waals surface area contributed by atoms with Crippen molar-refractivity contribution in [3.8, 4) is 11.3 Å². The maximum Gasteiger partial charge on any atom is 0.236 e. The number of nitrogens with zero attached hydrogens (tertiary/aromatic N) is 1. The second-order valence-electron chi connectivity index (χ2n) is 5.20. The molecule has 2 aromatic carbocycles. The molecule has 0 unspecified atom stereocenters. The molecule has 0 aliphatic rings. The molecule has 140 valence electrons. The average Bonchev–Trinajstić information content (AvgIpc) is 3.05. The number of carbonyl (C=O) groups is 1. The number of thiazole rings is 1. The van der Waals surface area contributed by atoms with Crippen molar-refractivity contribution in [1.82, 2.24) is 4.98 Å². The number of thioether (sulfide) groups is 1. The second kappa shape index (κ2) is 9.23. The van der Waals surface area contributed by atoms with E-state index in [4.69, 9.17) is 58.0 Å². The summed E-state index contributed by atoms with van der Waals surface area (Å²) in [6.07, 6.45) is 0. The molecule has 27 heavy (non-hydrogen) atoms. The Labute approximate surface area is 188 Å². The van der Waals surface area contributed by atoms with Gasteiger partial charge < -0.3 is 5.32 Å². The van der Waals surface area contributed by atoms with Crippen molar-refractivity contribution in [2.24, 2.45) is 0 Å². The molecule has 1 aromatic heterocycles. The summed E-state index contributed by atoms with van der Waals surface area (Å²) in [5, 5.41) is 7.28. The standard InChI is InChI=1S/C17H9Cl5N2OS2/c18-8-1-2-9(10(19)3-8)14-6-27-17(23-14)24-16(25)7-26-15-5-12(21)11(20)4-13(15)22/h1-6H,7H2,(H,23,24,25). The molecular weight excluding hydrogens is 490 g/mol. The number of nitrogens with one attached hydrogen (secondary N) is 1. The van der Waals surface area contributed by atoms with Crippen LogP contribution in [0.4, 0.5) is 5.13 Å². The summed E-state index contributed by atoms with van der Waals surface area (Å²) in [6.45, 7) is 0. The van der Waals surface area contributed by atoms with Crippen LogP contribution in [0.3, 0.4) is 0 Å². The molecule has 0 saturated heterocycles. The van der Waals surface area contributed by atoms with E-state index in [1.165, 1.54) is 23.1 Å². The van der Waals surface area contributed by atoms with E-state index in [1.807, 2.05) is 5.38 Å². The zero-order valence-electron chi connectivity index (χ0n) is 13.2. The van der Waals surface area contributed by atoms with Crippen LogP contribution in [0.2, 0.25) is 25.1 Å². The van der Waals surface area contributed by atoms with Gasteiger partial charge in [-0.3, -0.25) is 4.79 Å². The zero-order valence-corrected chi connectivity index (χ0v) is 18.6. The van der Waals surface area contributed by atoms with Gasteiger partial charge in [0.05, 0.1) is 31.5 Å². The number of carbonyl (C=O) groups excluding carboxylic acids is 1. The van der Waals surface area contributed by atoms with Crippen LogP contribution >= 0.6 is 81.1 Å². The number of anilines is 1. The third kappa shape index (κ3) is 5.45. The maximum atomic E-state index is 12.2. The second-order valence-corrected chi connectivity index (χ2v) is 9.14. The number of benzene rings is 2. The fourth-order valence-corrected chi connectivity index (χ4v) is 4.83. The summed E-state index contributed by atoms with van der Waals surface area (Å²) in [7, 11) is 0. The molecule has 3 aromatic rings. The maximum absolute atomic E-state index is 12.2. The Balaban J connectivity index is 1.64. The molecule has 1 amide bonds. The summed E-state index contributed by atoms with van der Waals surface area (Å²) in [5.74, 6) is -0.0702. The van der Waals surface area contributed by atoms with E-state index in [2.05, 4.69) is 10.3 Å². The summed E-state index contributed by atoms with van der Waals surface area (Å²) in [5.41, 5.74) is 1.41. The summed E-state index contributed by atoms with van der Waals surface area (Å²) in [6, 6.07) is 8.35. The van der Waals surface area contributed by atoms with Crippen LogP contribution in [0.25, 0.3) is 11.3 Å². The molecule has 1 heterocycles. The predicted molar refractivity (Wildman–Crippen MR) is 118 cm³/mol. The van der Waals surface area contributed by atoms with Crippen LogP contribution in [0.1, 0.15) is 0 Å². The molecule has 0 spiro atoms. The number of hydrogen-bond acceptors (Lipinski definition) is 4. The van der Waals surface area contributed by atoms with Gasteiger partial charge in [0, 0.05) is 20.9 Å². The van der Waals surface area contributed by atoms with E-state index in [1.54, 1.807) is 30.3 Å². The van der Waals surface area contributed by atoms with Crippen LogP contribution in [0.15, 0.2) is 40.6 Å². The van der Waals surface area contributed by atoms with Gasteiger partial charge in [-0.2, -0.15) is 0 Å². The fraction of sp³-hybridized carbons (Fsp3) is 0.0588. The molecule has 0 bridgehead atoms. The Bertz CT molecular complexity index is 1010. The minimum absolute atomic E-state index is 0.147. The molecular formula is C17H9Cl5N2OS2. The molecule has 0 radical (unpaired) electrons. The van der Waals surface area contributed by atoms with Crippen LogP contribution in [-0.2, 0) is 4.79 Å². The van der Waals surface area contributed by atoms with Crippen LogP contribution in [-0.4, -0.2) is 16.6 Å². The highest BCUT2D eigenvalue weighted by atomic mass is 35.5. The van der Waals surface area contributed by atoms with Gasteiger partial charge in [0.1, 0.15) is 0 Å². The first kappa shape index (κ1) is 21.1. The molecule has 3 rings (SSSR count). The Morgan fingerprint density at radius 2 is 1.74 bits per heavy atom. The van der Waals surface area contributed by atoms with E-state index >= 15 is 0 Å². The molecule has 0 aliphatic carbocycles. The van der Waals surface area contributed by atoms with Crippen molar-refractivity contribution in [1.29, 1.82) is 0 Å². The molecule has 10 heteroatoms. The van der Waals surface area contributed by atoms with Gasteiger partial charge in [0.15, 0.2) is 5.13 Å². The third-order valence-corrected chi connectivity index (χ3v) is 6.80. The first-order valence-corrected chi connectivity index (χ1v) is 11.1. The lowest BCUT2D eigenvalue weighted by Crippen LogP contribution is -2.13. The quantitative estimate of drug-likeness (QED) is 0.288. The monoisotopic (exact) mass is 496 g/mol. The Hall–Kier alpha value is -0.660. The predicted octanol–water partition coefficient (Wildman–Crippen LogP) is 7.81. The number of aromatic nitrogens is 1. The van der Waals surface area contributed by atoms with E-state index in [0.29, 0.717) is 40.8 Å². The first-order chi connectivity index (χ1) is 12.8. The summed E-state index contributed by atoms with van der Waals surface area (Å²) < 4.78 is 0. The third-order valence-electron chi connectivity index (χ3n) is 3.29. The van der Waals surface area contributed by atoms with Crippen LogP contribution in [0.5, 0.6) is 0 Å². The Kier molecular flexibility index (Phi) is 7.20. The topological polar surface area (TPSA) is 42.0 Å². The van der Waals surface area contributed by atoms with Gasteiger partial charge in [-0.1, -0.05) is 58.0 Å². The normalized spacial score (nSPS) is 10.9. The molecule has 0 saturated carbocycles. The zero-order chi connectivity index (χ0) is 19.6. The van der Waals surface area contributed by atoms with Crippen molar-refractivity contribution in [3.05, 3.63) is 60.8 Å². The highest BCUT2D eigenvalue weighted by molar-refractivity contribution is 8.00. The average molecular weight is 499 g/mol. The van der Waals surface area contributed by atoms with Gasteiger partial charge in [0.2, 0.25) is 5.91 Å². The lowest BCUT2D eigenvalue weighted by Gasteiger charge is -2.06. The highest BCUT2D eigenvalue weighted by Gasteiger charge is 2.13. The van der Waals surface area contributed by atoms with Crippen LogP contribution < -0.4 is 5.32 Å². The van der Waals surface area contributed by atoms with Gasteiger partial charge in [-0.05, 0) is 30.3 Å². The first-order valence-electron chi connectivity index (χ1n) is 7.31. The molecule has 0 atom stereocenters. The molecule has 3 nitrogen and oxygen atoms in total. The van der Waals surface area contributed by atoms with Gasteiger partial charge >= 0.3 is 0 Å². The van der Waals surface area contributed by atoms with Gasteiger partial charge in [0.25, 0.3) is 0 Å². The van der Waals surface area contributed by atoms with Crippen molar-refractivity contribution >= 4 is 92.1 Å². The Morgan fingerprint density at radius 3 is 2.48 bits per heavy atom. The lowest BCUT2D eigenvalue weighted by atomic mass is 10.2. The van der Waals surface area contributed by atoms with Crippen molar-refractivity contribution < 1.29 is 4.79 Å². The van der Waals surface area contributed by atoms with E-state index in [9.17, 15) is 4.79 Å². The summed E-state index contributed by atoms with van der Waals surface area (Å²) in [4.78, 5) is 17.3. The highest BCUT2D eigenvalue weighted by Crippen LogP contribution is 2.35. The molecule has 0 aliphatic heterocycles. The summed E-state index contributed by atoms with van der Waals surface area (Å²) >= 11 is 32.7.